The molecule has 1 aromatic rings. The lowest BCUT2D eigenvalue weighted by molar-refractivity contribution is 0.0709. The third-order valence-electron chi connectivity index (χ3n) is 1.24. The molecule has 0 aromatic carbocycles. The molecule has 0 radical (unpaired) electrons. The van der Waals surface area contributed by atoms with Gasteiger partial charge in [0.25, 0.3) is 0 Å². The Morgan fingerprint density at radius 1 is 1.38 bits per heavy atom. The second-order valence-corrected chi connectivity index (χ2v) is 2.58. The van der Waals surface area contributed by atoms with E-state index in [-0.39, 0.29) is 0 Å². The number of ether oxygens (including phenoxy) is 1. The monoisotopic (exact) mass is 185 g/mol. The zero-order chi connectivity index (χ0) is 10.1. The lowest BCUT2D eigenvalue weighted by atomic mass is 10.5. The zero-order valence-corrected chi connectivity index (χ0v) is 8.90. The van der Waals surface area contributed by atoms with Crippen molar-refractivity contribution in [2.24, 2.45) is 0 Å². The summed E-state index contributed by atoms with van der Waals surface area (Å²) in [6.45, 7) is 9.50. The van der Waals surface area contributed by atoms with Crippen molar-refractivity contribution in [2.45, 2.75) is 40.3 Å². The van der Waals surface area contributed by atoms with Crippen molar-refractivity contribution < 1.29 is 4.74 Å². The SMILES string of the molecule is CC.CC(C)OCCn1cncn1. The molecule has 1 aromatic heterocycles. The normalized spacial score (nSPS) is 9.62. The van der Waals surface area contributed by atoms with Gasteiger partial charge in [0.2, 0.25) is 0 Å². The van der Waals surface area contributed by atoms with Crippen molar-refractivity contribution in [3.63, 3.8) is 0 Å². The predicted molar refractivity (Wildman–Crippen MR) is 52.5 cm³/mol. The van der Waals surface area contributed by atoms with E-state index in [0.29, 0.717) is 12.7 Å². The Hall–Kier alpha value is -0.900. The first-order valence-electron chi connectivity index (χ1n) is 4.73. The highest BCUT2D eigenvalue weighted by atomic mass is 16.5. The number of aromatic nitrogens is 3. The van der Waals surface area contributed by atoms with E-state index in [2.05, 4.69) is 10.1 Å². The van der Waals surface area contributed by atoms with Crippen molar-refractivity contribution in [2.75, 3.05) is 6.61 Å². The molecule has 0 aliphatic rings. The number of hydrogen-bond acceptors (Lipinski definition) is 3. The first-order chi connectivity index (χ1) is 6.29. The van der Waals surface area contributed by atoms with E-state index in [0.717, 1.165) is 6.54 Å². The molecule has 0 bridgehead atoms. The fraction of sp³-hybridized carbons (Fsp3) is 0.778. The molecule has 4 nitrogen and oxygen atoms in total. The molecule has 4 heteroatoms. The quantitative estimate of drug-likeness (QED) is 0.717. The van der Waals surface area contributed by atoms with Crippen LogP contribution in [0.4, 0.5) is 0 Å². The summed E-state index contributed by atoms with van der Waals surface area (Å²) < 4.78 is 7.08. The zero-order valence-electron chi connectivity index (χ0n) is 8.90. The summed E-state index contributed by atoms with van der Waals surface area (Å²) in [6, 6.07) is 0. The predicted octanol–water partition coefficient (Wildman–Crippen LogP) is 1.73. The average molecular weight is 185 g/mol. The number of nitrogens with zero attached hydrogens (tertiary/aromatic N) is 3. The van der Waals surface area contributed by atoms with Gasteiger partial charge in [0.1, 0.15) is 12.7 Å². The lowest BCUT2D eigenvalue weighted by Crippen LogP contribution is -2.10. The Balaban J connectivity index is 0.000000671. The first kappa shape index (κ1) is 12.1. The number of hydrogen-bond donors (Lipinski definition) is 0. The summed E-state index contributed by atoms with van der Waals surface area (Å²) in [7, 11) is 0. The Bertz CT molecular complexity index is 185. The summed E-state index contributed by atoms with van der Waals surface area (Å²) in [5.41, 5.74) is 0. The van der Waals surface area contributed by atoms with E-state index in [1.807, 2.05) is 27.7 Å². The van der Waals surface area contributed by atoms with Gasteiger partial charge < -0.3 is 4.74 Å². The van der Waals surface area contributed by atoms with Gasteiger partial charge in [-0.2, -0.15) is 5.10 Å². The van der Waals surface area contributed by atoms with E-state index in [9.17, 15) is 0 Å². The highest BCUT2D eigenvalue weighted by molar-refractivity contribution is 4.55. The summed E-state index contributed by atoms with van der Waals surface area (Å²) in [5.74, 6) is 0. The second-order valence-electron chi connectivity index (χ2n) is 2.58. The van der Waals surface area contributed by atoms with Gasteiger partial charge in [-0.25, -0.2) is 4.98 Å². The van der Waals surface area contributed by atoms with Gasteiger partial charge in [-0.3, -0.25) is 4.68 Å². The number of rotatable bonds is 4. The molecule has 1 heterocycles. The van der Waals surface area contributed by atoms with Gasteiger partial charge in [0.15, 0.2) is 0 Å². The molecule has 76 valence electrons. The highest BCUT2D eigenvalue weighted by Gasteiger charge is 1.93. The van der Waals surface area contributed by atoms with Crippen LogP contribution in [0.3, 0.4) is 0 Å². The minimum atomic E-state index is 0.290. The Labute approximate surface area is 79.9 Å². The van der Waals surface area contributed by atoms with Gasteiger partial charge in [0, 0.05) is 0 Å². The van der Waals surface area contributed by atoms with E-state index in [1.165, 1.54) is 6.33 Å². The molecule has 0 aliphatic heterocycles. The first-order valence-corrected chi connectivity index (χ1v) is 4.73. The van der Waals surface area contributed by atoms with Crippen LogP contribution in [0.5, 0.6) is 0 Å². The van der Waals surface area contributed by atoms with Crippen molar-refractivity contribution in [1.82, 2.24) is 14.8 Å². The molecule has 0 spiro atoms. The van der Waals surface area contributed by atoms with E-state index >= 15 is 0 Å². The molecule has 0 N–H and O–H groups in total. The summed E-state index contributed by atoms with van der Waals surface area (Å²) >= 11 is 0. The van der Waals surface area contributed by atoms with Crippen LogP contribution in [0.1, 0.15) is 27.7 Å². The van der Waals surface area contributed by atoms with Gasteiger partial charge in [-0.1, -0.05) is 13.8 Å². The average Bonchev–Trinajstić information content (AvgIpc) is 2.60. The van der Waals surface area contributed by atoms with E-state index < -0.39 is 0 Å². The van der Waals surface area contributed by atoms with Crippen LogP contribution in [0, 0.1) is 0 Å². The fourth-order valence-corrected chi connectivity index (χ4v) is 0.730. The molecular weight excluding hydrogens is 166 g/mol. The molecule has 0 aliphatic carbocycles. The minimum Gasteiger partial charge on any atom is -0.377 e. The van der Waals surface area contributed by atoms with Crippen LogP contribution in [-0.4, -0.2) is 27.5 Å². The molecule has 0 fully saturated rings. The van der Waals surface area contributed by atoms with Crippen molar-refractivity contribution in [1.29, 1.82) is 0 Å². The molecule has 1 rings (SSSR count). The molecular formula is C9H19N3O. The summed E-state index contributed by atoms with van der Waals surface area (Å²) in [5, 5.41) is 3.94. The van der Waals surface area contributed by atoms with Crippen LogP contribution < -0.4 is 0 Å². The third kappa shape index (κ3) is 6.28. The minimum absolute atomic E-state index is 0.290. The van der Waals surface area contributed by atoms with Crippen LogP contribution in [-0.2, 0) is 11.3 Å². The van der Waals surface area contributed by atoms with Gasteiger partial charge in [-0.15, -0.1) is 0 Å². The maximum absolute atomic E-state index is 5.33. The van der Waals surface area contributed by atoms with Crippen molar-refractivity contribution in [3.8, 4) is 0 Å². The molecule has 0 atom stereocenters. The smallest absolute Gasteiger partial charge is 0.137 e. The van der Waals surface area contributed by atoms with Gasteiger partial charge in [0.05, 0.1) is 19.3 Å². The van der Waals surface area contributed by atoms with Crippen molar-refractivity contribution >= 4 is 0 Å². The molecule has 0 saturated carbocycles. The van der Waals surface area contributed by atoms with Crippen LogP contribution in [0.25, 0.3) is 0 Å². The lowest BCUT2D eigenvalue weighted by Gasteiger charge is -2.06. The maximum atomic E-state index is 5.33. The van der Waals surface area contributed by atoms with Gasteiger partial charge >= 0.3 is 0 Å². The second kappa shape index (κ2) is 7.73. The van der Waals surface area contributed by atoms with Crippen LogP contribution >= 0.6 is 0 Å². The summed E-state index contributed by atoms with van der Waals surface area (Å²) in [4.78, 5) is 3.82. The van der Waals surface area contributed by atoms with Crippen LogP contribution in [0.2, 0.25) is 0 Å². The molecule has 0 amide bonds. The molecule has 0 unspecified atom stereocenters. The van der Waals surface area contributed by atoms with Crippen LogP contribution in [0.15, 0.2) is 12.7 Å². The van der Waals surface area contributed by atoms with E-state index in [4.69, 9.17) is 4.74 Å². The largest absolute Gasteiger partial charge is 0.377 e. The van der Waals surface area contributed by atoms with Gasteiger partial charge in [-0.05, 0) is 13.8 Å². The molecule has 13 heavy (non-hydrogen) atoms. The van der Waals surface area contributed by atoms with E-state index in [1.54, 1.807) is 11.0 Å². The third-order valence-corrected chi connectivity index (χ3v) is 1.24. The Kier molecular flexibility index (Phi) is 7.20. The topological polar surface area (TPSA) is 39.9 Å². The highest BCUT2D eigenvalue weighted by Crippen LogP contribution is 1.88. The Morgan fingerprint density at radius 2 is 2.08 bits per heavy atom. The van der Waals surface area contributed by atoms with Crippen molar-refractivity contribution in [3.05, 3.63) is 12.7 Å². The summed E-state index contributed by atoms with van der Waals surface area (Å²) in [6.07, 6.45) is 3.50. The Morgan fingerprint density at radius 3 is 2.54 bits per heavy atom. The fourth-order valence-electron chi connectivity index (χ4n) is 0.730. The molecule has 0 saturated heterocycles. The maximum Gasteiger partial charge on any atom is 0.137 e. The standard InChI is InChI=1S/C7H13N3O.C2H6/c1-7(2)11-4-3-10-6-8-5-9-10;1-2/h5-7H,3-4H2,1-2H3;1-2H3.